The van der Waals surface area contributed by atoms with Crippen molar-refractivity contribution in [3.05, 3.63) is 39.4 Å². The Labute approximate surface area is 116 Å². The first-order valence-electron chi connectivity index (χ1n) is 6.33. The molecular formula is C13H17N3O4. The van der Waals surface area contributed by atoms with E-state index in [0.717, 1.165) is 0 Å². The summed E-state index contributed by atoms with van der Waals surface area (Å²) < 4.78 is 0. The zero-order valence-corrected chi connectivity index (χ0v) is 11.4. The number of hydrogen-bond acceptors (Lipinski definition) is 5. The molecule has 1 aromatic rings. The second-order valence-corrected chi connectivity index (χ2v) is 4.92. The van der Waals surface area contributed by atoms with Crippen molar-refractivity contribution in [1.29, 1.82) is 0 Å². The van der Waals surface area contributed by atoms with E-state index >= 15 is 0 Å². The Morgan fingerprint density at radius 3 is 2.75 bits per heavy atom. The number of aliphatic hydroxyl groups excluding tert-OH is 1. The molecule has 0 radical (unpaired) electrons. The normalized spacial score (nSPS) is 21.8. The third-order valence-electron chi connectivity index (χ3n) is 3.70. The first-order chi connectivity index (χ1) is 9.43. The molecule has 1 aliphatic heterocycles. The lowest BCUT2D eigenvalue weighted by molar-refractivity contribution is -0.385. The number of carbonyl (C=O) groups excluding carboxylic acids is 1. The van der Waals surface area contributed by atoms with Gasteiger partial charge in [0.1, 0.15) is 0 Å². The first kappa shape index (κ1) is 14.4. The van der Waals surface area contributed by atoms with E-state index in [0.29, 0.717) is 24.2 Å². The van der Waals surface area contributed by atoms with Gasteiger partial charge in [-0.15, -0.1) is 0 Å². The summed E-state index contributed by atoms with van der Waals surface area (Å²) in [5.41, 5.74) is 0.560. The minimum absolute atomic E-state index is 0.0747. The summed E-state index contributed by atoms with van der Waals surface area (Å²) in [6.45, 7) is 2.51. The smallest absolute Gasteiger partial charge is 0.273 e. The van der Waals surface area contributed by atoms with Gasteiger partial charge in [0, 0.05) is 37.3 Å². The molecule has 20 heavy (non-hydrogen) atoms. The largest absolute Gasteiger partial charge is 0.390 e. The molecule has 0 spiro atoms. The van der Waals surface area contributed by atoms with Crippen LogP contribution in [0, 0.1) is 17.0 Å². The van der Waals surface area contributed by atoms with Crippen LogP contribution < -0.4 is 5.32 Å². The molecule has 0 aliphatic carbocycles. The fourth-order valence-electron chi connectivity index (χ4n) is 2.44. The maximum absolute atomic E-state index is 12.4. The van der Waals surface area contributed by atoms with E-state index < -0.39 is 11.0 Å². The minimum Gasteiger partial charge on any atom is -0.390 e. The molecule has 7 nitrogen and oxygen atoms in total. The zero-order chi connectivity index (χ0) is 14.9. The van der Waals surface area contributed by atoms with Gasteiger partial charge in [0.25, 0.3) is 11.6 Å². The number of nitrogens with one attached hydrogen (secondary N) is 1. The Balaban J connectivity index is 2.29. The number of likely N-dealkylation sites (N-methyl/N-ethyl adjacent to an activating group) is 1. The van der Waals surface area contributed by atoms with E-state index in [-0.39, 0.29) is 17.6 Å². The van der Waals surface area contributed by atoms with Gasteiger partial charge in [-0.1, -0.05) is 6.07 Å². The van der Waals surface area contributed by atoms with Crippen molar-refractivity contribution < 1.29 is 14.8 Å². The maximum atomic E-state index is 12.4. The van der Waals surface area contributed by atoms with E-state index in [1.165, 1.54) is 17.0 Å². The fourth-order valence-corrected chi connectivity index (χ4v) is 2.44. The standard InChI is InChI=1S/C13H17N3O4/c1-8-9(4-3-5-10(8)16(19)20)13(18)15(2)11-6-14-7-12(11)17/h3-5,11-12,14,17H,6-7H2,1-2H3/t11-,12-/m1/s1. The Hall–Kier alpha value is -1.99. The third kappa shape index (κ3) is 2.50. The second kappa shape index (κ2) is 5.56. The van der Waals surface area contributed by atoms with E-state index in [9.17, 15) is 20.0 Å². The van der Waals surface area contributed by atoms with Gasteiger partial charge in [0.15, 0.2) is 0 Å². The van der Waals surface area contributed by atoms with E-state index in [2.05, 4.69) is 5.32 Å². The molecule has 1 aromatic carbocycles. The molecule has 1 aliphatic rings. The SMILES string of the molecule is Cc1c(C(=O)N(C)[C@@H]2CNC[C@H]2O)cccc1[N+](=O)[O-]. The predicted molar refractivity (Wildman–Crippen MR) is 72.6 cm³/mol. The molecule has 0 bridgehead atoms. The van der Waals surface area contributed by atoms with E-state index in [1.807, 2.05) is 0 Å². The number of carbonyl (C=O) groups is 1. The highest BCUT2D eigenvalue weighted by molar-refractivity contribution is 5.96. The number of nitrogens with zero attached hydrogens (tertiary/aromatic N) is 2. The average Bonchev–Trinajstić information content (AvgIpc) is 2.83. The molecule has 2 N–H and O–H groups in total. The molecule has 2 atom stereocenters. The monoisotopic (exact) mass is 279 g/mol. The molecule has 2 rings (SSSR count). The Bertz CT molecular complexity index is 546. The molecule has 0 aromatic heterocycles. The number of aliphatic hydroxyl groups is 1. The van der Waals surface area contributed by atoms with Crippen molar-refractivity contribution in [3.8, 4) is 0 Å². The molecule has 108 valence electrons. The van der Waals surface area contributed by atoms with E-state index in [1.54, 1.807) is 20.0 Å². The van der Waals surface area contributed by atoms with Crippen LogP contribution in [0.5, 0.6) is 0 Å². The van der Waals surface area contributed by atoms with Gasteiger partial charge in [-0.3, -0.25) is 14.9 Å². The Kier molecular flexibility index (Phi) is 4.01. The van der Waals surface area contributed by atoms with Gasteiger partial charge in [0.2, 0.25) is 0 Å². The summed E-state index contributed by atoms with van der Waals surface area (Å²) in [6, 6.07) is 4.12. The van der Waals surface area contributed by atoms with Crippen LogP contribution in [0.1, 0.15) is 15.9 Å². The van der Waals surface area contributed by atoms with Crippen LogP contribution in [0.4, 0.5) is 5.69 Å². The van der Waals surface area contributed by atoms with Gasteiger partial charge >= 0.3 is 0 Å². The van der Waals surface area contributed by atoms with Crippen LogP contribution in [0.25, 0.3) is 0 Å². The molecule has 7 heteroatoms. The number of amides is 1. The highest BCUT2D eigenvalue weighted by atomic mass is 16.6. The highest BCUT2D eigenvalue weighted by Crippen LogP contribution is 2.23. The average molecular weight is 279 g/mol. The number of nitro benzene ring substituents is 1. The van der Waals surface area contributed by atoms with Crippen molar-refractivity contribution in [1.82, 2.24) is 10.2 Å². The highest BCUT2D eigenvalue weighted by Gasteiger charge is 2.32. The molecule has 1 amide bonds. The number of hydrogen-bond donors (Lipinski definition) is 2. The van der Waals surface area contributed by atoms with Gasteiger partial charge in [0.05, 0.1) is 17.1 Å². The zero-order valence-electron chi connectivity index (χ0n) is 11.4. The van der Waals surface area contributed by atoms with Crippen LogP contribution in [0.2, 0.25) is 0 Å². The van der Waals surface area contributed by atoms with Crippen LogP contribution in [0.15, 0.2) is 18.2 Å². The van der Waals surface area contributed by atoms with Crippen molar-refractivity contribution >= 4 is 11.6 Å². The van der Waals surface area contributed by atoms with Crippen molar-refractivity contribution in [2.75, 3.05) is 20.1 Å². The number of β-amino-alcohol motifs (C(OH)–C–C–N with tert-alkyl or cyclic N) is 1. The molecule has 0 saturated carbocycles. The number of nitro groups is 1. The number of benzene rings is 1. The van der Waals surface area contributed by atoms with Crippen molar-refractivity contribution in [2.45, 2.75) is 19.1 Å². The first-order valence-corrected chi connectivity index (χ1v) is 6.33. The molecule has 1 heterocycles. The summed E-state index contributed by atoms with van der Waals surface area (Å²) in [4.78, 5) is 24.3. The summed E-state index contributed by atoms with van der Waals surface area (Å²) >= 11 is 0. The molecule has 1 saturated heterocycles. The predicted octanol–water partition coefficient (Wildman–Crippen LogP) is 0.308. The lowest BCUT2D eigenvalue weighted by Gasteiger charge is -2.26. The lowest BCUT2D eigenvalue weighted by atomic mass is 10.0. The number of rotatable bonds is 3. The van der Waals surface area contributed by atoms with Gasteiger partial charge in [-0.25, -0.2) is 0 Å². The van der Waals surface area contributed by atoms with E-state index in [4.69, 9.17) is 0 Å². The summed E-state index contributed by atoms with van der Waals surface area (Å²) in [6.07, 6.45) is -0.622. The van der Waals surface area contributed by atoms with Crippen LogP contribution >= 0.6 is 0 Å². The third-order valence-corrected chi connectivity index (χ3v) is 3.70. The fraction of sp³-hybridized carbons (Fsp3) is 0.462. The van der Waals surface area contributed by atoms with Crippen LogP contribution in [-0.4, -0.2) is 53.1 Å². The molecule has 1 fully saturated rings. The van der Waals surface area contributed by atoms with Crippen LogP contribution in [-0.2, 0) is 0 Å². The molecular weight excluding hydrogens is 262 g/mol. The topological polar surface area (TPSA) is 95.7 Å². The summed E-state index contributed by atoms with van der Waals surface area (Å²) in [7, 11) is 1.60. The Morgan fingerprint density at radius 1 is 1.50 bits per heavy atom. The minimum atomic E-state index is -0.622. The van der Waals surface area contributed by atoms with Crippen molar-refractivity contribution in [3.63, 3.8) is 0 Å². The van der Waals surface area contributed by atoms with Crippen LogP contribution in [0.3, 0.4) is 0 Å². The lowest BCUT2D eigenvalue weighted by Crippen LogP contribution is -2.44. The van der Waals surface area contributed by atoms with Gasteiger partial charge in [-0.2, -0.15) is 0 Å². The quantitative estimate of drug-likeness (QED) is 0.613. The maximum Gasteiger partial charge on any atom is 0.273 e. The van der Waals surface area contributed by atoms with Crippen molar-refractivity contribution in [2.24, 2.45) is 0 Å². The molecule has 0 unspecified atom stereocenters. The Morgan fingerprint density at radius 2 is 2.20 bits per heavy atom. The van der Waals surface area contributed by atoms with Gasteiger partial charge < -0.3 is 15.3 Å². The summed E-state index contributed by atoms with van der Waals surface area (Å²) in [5.74, 6) is -0.320. The second-order valence-electron chi connectivity index (χ2n) is 4.92. The van der Waals surface area contributed by atoms with Gasteiger partial charge in [-0.05, 0) is 13.0 Å². The summed E-state index contributed by atoms with van der Waals surface area (Å²) in [5, 5.41) is 23.7.